The molecular formula is C16H21F2N3O2. The number of nitrogens with two attached hydrogens (primary N) is 1. The molecule has 0 saturated carbocycles. The third kappa shape index (κ3) is 4.04. The van der Waals surface area contributed by atoms with Crippen LogP contribution in [0.4, 0.5) is 8.78 Å². The smallest absolute Gasteiger partial charge is 0.236 e. The van der Waals surface area contributed by atoms with Gasteiger partial charge in [0.2, 0.25) is 11.8 Å². The van der Waals surface area contributed by atoms with E-state index >= 15 is 0 Å². The van der Waals surface area contributed by atoms with Crippen LogP contribution in [0.2, 0.25) is 0 Å². The van der Waals surface area contributed by atoms with Gasteiger partial charge in [0.25, 0.3) is 0 Å². The molecular weight excluding hydrogens is 304 g/mol. The van der Waals surface area contributed by atoms with E-state index in [1.165, 1.54) is 11.0 Å². The molecule has 1 saturated heterocycles. The fraction of sp³-hybridized carbons (Fsp3) is 0.500. The van der Waals surface area contributed by atoms with Crippen molar-refractivity contribution in [3.8, 4) is 0 Å². The minimum absolute atomic E-state index is 0.146. The van der Waals surface area contributed by atoms with Crippen LogP contribution in [0.5, 0.6) is 0 Å². The Morgan fingerprint density at radius 3 is 2.65 bits per heavy atom. The molecule has 5 nitrogen and oxygen atoms in total. The number of rotatable bonds is 5. The molecule has 1 aromatic carbocycles. The van der Waals surface area contributed by atoms with Crippen molar-refractivity contribution in [2.24, 2.45) is 11.7 Å². The Balaban J connectivity index is 1.96. The Bertz CT molecular complexity index is 609. The molecule has 1 aliphatic rings. The van der Waals surface area contributed by atoms with Gasteiger partial charge >= 0.3 is 0 Å². The van der Waals surface area contributed by atoms with Crippen molar-refractivity contribution in [3.05, 3.63) is 35.4 Å². The van der Waals surface area contributed by atoms with Gasteiger partial charge in [0.15, 0.2) is 11.6 Å². The second-order valence-corrected chi connectivity index (χ2v) is 5.98. The van der Waals surface area contributed by atoms with E-state index in [1.54, 1.807) is 14.0 Å². The van der Waals surface area contributed by atoms with E-state index in [0.717, 1.165) is 12.1 Å². The molecule has 1 aliphatic heterocycles. The van der Waals surface area contributed by atoms with Gasteiger partial charge in [0.1, 0.15) is 0 Å². The van der Waals surface area contributed by atoms with Crippen molar-refractivity contribution >= 4 is 11.8 Å². The minimum Gasteiger partial charge on any atom is -0.369 e. The molecule has 0 bridgehead atoms. The Labute approximate surface area is 134 Å². The van der Waals surface area contributed by atoms with Gasteiger partial charge in [-0.1, -0.05) is 6.07 Å². The number of halogens is 2. The average Bonchev–Trinajstić information content (AvgIpc) is 2.97. The lowest BCUT2D eigenvalue weighted by molar-refractivity contribution is -0.133. The Hall–Kier alpha value is -2.02. The monoisotopic (exact) mass is 325 g/mol. The van der Waals surface area contributed by atoms with E-state index in [-0.39, 0.29) is 30.3 Å². The van der Waals surface area contributed by atoms with Crippen molar-refractivity contribution < 1.29 is 18.4 Å². The first-order valence-electron chi connectivity index (χ1n) is 7.52. The summed E-state index contributed by atoms with van der Waals surface area (Å²) in [5, 5.41) is 0. The fourth-order valence-corrected chi connectivity index (χ4v) is 2.72. The minimum atomic E-state index is -0.931. The normalized spacial score (nSPS) is 19.6. The maximum absolute atomic E-state index is 13.3. The maximum atomic E-state index is 13.3. The van der Waals surface area contributed by atoms with Gasteiger partial charge in [0.05, 0.1) is 18.5 Å². The SMILES string of the molecule is CC(c1ccc(F)c(F)c1)N(C)C(=O)CN1CCC(C(N)=O)C1. The molecule has 2 rings (SSSR count). The summed E-state index contributed by atoms with van der Waals surface area (Å²) in [5.41, 5.74) is 5.80. The maximum Gasteiger partial charge on any atom is 0.236 e. The Kier molecular flexibility index (Phi) is 5.30. The van der Waals surface area contributed by atoms with Crippen LogP contribution in [0, 0.1) is 17.6 Å². The number of likely N-dealkylation sites (tertiary alicyclic amines) is 1. The summed E-state index contributed by atoms with van der Waals surface area (Å²) in [4.78, 5) is 26.9. The van der Waals surface area contributed by atoms with Gasteiger partial charge in [-0.3, -0.25) is 14.5 Å². The topological polar surface area (TPSA) is 66.6 Å². The number of nitrogens with zero attached hydrogens (tertiary/aromatic N) is 2. The first-order chi connectivity index (χ1) is 10.8. The van der Waals surface area contributed by atoms with E-state index in [0.29, 0.717) is 25.1 Å². The van der Waals surface area contributed by atoms with Crippen LogP contribution in [-0.4, -0.2) is 48.3 Å². The fourth-order valence-electron chi connectivity index (χ4n) is 2.72. The lowest BCUT2D eigenvalue weighted by Gasteiger charge is -2.27. The quantitative estimate of drug-likeness (QED) is 0.887. The number of hydrogen-bond acceptors (Lipinski definition) is 3. The lowest BCUT2D eigenvalue weighted by atomic mass is 10.1. The van der Waals surface area contributed by atoms with Gasteiger partial charge in [-0.15, -0.1) is 0 Å². The predicted molar refractivity (Wildman–Crippen MR) is 81.3 cm³/mol. The Morgan fingerprint density at radius 2 is 2.09 bits per heavy atom. The van der Waals surface area contributed by atoms with Crippen LogP contribution >= 0.6 is 0 Å². The number of hydrogen-bond donors (Lipinski definition) is 1. The first kappa shape index (κ1) is 17.3. The van der Waals surface area contributed by atoms with E-state index in [2.05, 4.69) is 0 Å². The van der Waals surface area contributed by atoms with Gasteiger partial charge in [0, 0.05) is 13.6 Å². The largest absolute Gasteiger partial charge is 0.369 e. The number of carbonyl (C=O) groups excluding carboxylic acids is 2. The van der Waals surface area contributed by atoms with Gasteiger partial charge in [-0.05, 0) is 37.6 Å². The molecule has 2 amide bonds. The van der Waals surface area contributed by atoms with E-state index < -0.39 is 11.6 Å². The highest BCUT2D eigenvalue weighted by Gasteiger charge is 2.29. The third-order valence-electron chi connectivity index (χ3n) is 4.43. The summed E-state index contributed by atoms with van der Waals surface area (Å²) < 4.78 is 26.3. The van der Waals surface area contributed by atoms with E-state index in [1.807, 2.05) is 4.90 Å². The van der Waals surface area contributed by atoms with Crippen molar-refractivity contribution in [2.45, 2.75) is 19.4 Å². The van der Waals surface area contributed by atoms with Crippen LogP contribution in [-0.2, 0) is 9.59 Å². The molecule has 2 atom stereocenters. The lowest BCUT2D eigenvalue weighted by Crippen LogP contribution is -2.39. The molecule has 2 unspecified atom stereocenters. The second kappa shape index (κ2) is 7.04. The predicted octanol–water partition coefficient (Wildman–Crippen LogP) is 1.29. The van der Waals surface area contributed by atoms with Gasteiger partial charge < -0.3 is 10.6 Å². The van der Waals surface area contributed by atoms with E-state index in [9.17, 15) is 18.4 Å². The highest BCUT2D eigenvalue weighted by molar-refractivity contribution is 5.79. The van der Waals surface area contributed by atoms with Crippen molar-refractivity contribution in [3.63, 3.8) is 0 Å². The molecule has 1 fully saturated rings. The molecule has 1 heterocycles. The summed E-state index contributed by atoms with van der Waals surface area (Å²) in [6, 6.07) is 3.23. The molecule has 0 aromatic heterocycles. The summed E-state index contributed by atoms with van der Waals surface area (Å²) in [6.07, 6.45) is 0.658. The van der Waals surface area contributed by atoms with Crippen LogP contribution in [0.3, 0.4) is 0 Å². The zero-order valence-electron chi connectivity index (χ0n) is 13.3. The first-order valence-corrected chi connectivity index (χ1v) is 7.52. The number of carbonyl (C=O) groups is 2. The number of amides is 2. The molecule has 0 aliphatic carbocycles. The van der Waals surface area contributed by atoms with Crippen molar-refractivity contribution in [2.75, 3.05) is 26.7 Å². The molecule has 0 spiro atoms. The van der Waals surface area contributed by atoms with Crippen LogP contribution in [0.15, 0.2) is 18.2 Å². The average molecular weight is 325 g/mol. The Morgan fingerprint density at radius 1 is 1.39 bits per heavy atom. The highest BCUT2D eigenvalue weighted by atomic mass is 19.2. The summed E-state index contributed by atoms with van der Waals surface area (Å²) in [5.74, 6) is -2.55. The molecule has 126 valence electrons. The van der Waals surface area contributed by atoms with Crippen LogP contribution in [0.1, 0.15) is 24.9 Å². The van der Waals surface area contributed by atoms with Crippen molar-refractivity contribution in [1.29, 1.82) is 0 Å². The van der Waals surface area contributed by atoms with E-state index in [4.69, 9.17) is 5.73 Å². The summed E-state index contributed by atoms with van der Waals surface area (Å²) >= 11 is 0. The van der Waals surface area contributed by atoms with Crippen LogP contribution < -0.4 is 5.73 Å². The number of benzene rings is 1. The molecule has 2 N–H and O–H groups in total. The number of primary amides is 1. The van der Waals surface area contributed by atoms with Crippen molar-refractivity contribution in [1.82, 2.24) is 9.80 Å². The number of likely N-dealkylation sites (N-methyl/N-ethyl adjacent to an activating group) is 1. The molecule has 1 aromatic rings. The zero-order chi connectivity index (χ0) is 17.1. The standard InChI is InChI=1S/C16H21F2N3O2/c1-10(11-3-4-13(17)14(18)7-11)20(2)15(22)9-21-6-5-12(8-21)16(19)23/h3-4,7,10,12H,5-6,8-9H2,1-2H3,(H2,19,23). The zero-order valence-corrected chi connectivity index (χ0v) is 13.3. The highest BCUT2D eigenvalue weighted by Crippen LogP contribution is 2.22. The van der Waals surface area contributed by atoms with Gasteiger partial charge in [-0.2, -0.15) is 0 Å². The molecule has 0 radical (unpaired) electrons. The summed E-state index contributed by atoms with van der Waals surface area (Å²) in [7, 11) is 1.62. The van der Waals surface area contributed by atoms with Crippen LogP contribution in [0.25, 0.3) is 0 Å². The third-order valence-corrected chi connectivity index (χ3v) is 4.43. The second-order valence-electron chi connectivity index (χ2n) is 5.98. The van der Waals surface area contributed by atoms with Gasteiger partial charge in [-0.25, -0.2) is 8.78 Å². The molecule has 23 heavy (non-hydrogen) atoms. The molecule has 7 heteroatoms. The summed E-state index contributed by atoms with van der Waals surface area (Å²) in [6.45, 7) is 3.05.